The van der Waals surface area contributed by atoms with Gasteiger partial charge in [-0.05, 0) is 56.1 Å². The molecule has 5 rings (SSSR count). The number of benzene rings is 2. The molecule has 3 aliphatic heterocycles. The van der Waals surface area contributed by atoms with E-state index in [2.05, 4.69) is 4.90 Å². The number of hydrogen-bond donors (Lipinski definition) is 0. The van der Waals surface area contributed by atoms with Crippen LogP contribution in [0.4, 0.5) is 5.69 Å². The summed E-state index contributed by atoms with van der Waals surface area (Å²) in [5.74, 6) is 0.915. The molecule has 3 aliphatic rings. The van der Waals surface area contributed by atoms with Crippen molar-refractivity contribution in [1.82, 2.24) is 4.90 Å². The number of nitrogens with zero attached hydrogens (tertiary/aromatic N) is 2. The first-order valence-electron chi connectivity index (χ1n) is 9.30. The number of ether oxygens (including phenoxy) is 1. The highest BCUT2D eigenvalue weighted by atomic mass is 35.5. The first-order valence-corrected chi connectivity index (χ1v) is 10.1. The van der Waals surface area contributed by atoms with Crippen LogP contribution in [0.5, 0.6) is 5.75 Å². The van der Waals surface area contributed by atoms with Gasteiger partial charge in [0.1, 0.15) is 5.75 Å². The topological polar surface area (TPSA) is 32.8 Å². The summed E-state index contributed by atoms with van der Waals surface area (Å²) < 4.78 is 5.73. The molecule has 0 unspecified atom stereocenters. The second-order valence-corrected chi connectivity index (χ2v) is 7.95. The van der Waals surface area contributed by atoms with Crippen molar-refractivity contribution in [3.8, 4) is 5.75 Å². The molecular formula is C21H22Cl2N2O2. The molecule has 4 nitrogen and oxygen atoms in total. The SMILES string of the molecule is O=C(COc1ccccc1Cl)N(c1ccccc1Cl)[C@@H]1CN2CCC1CC2. The fourth-order valence-electron chi connectivity index (χ4n) is 4.14. The first-order chi connectivity index (χ1) is 13.1. The van der Waals surface area contributed by atoms with Gasteiger partial charge in [-0.15, -0.1) is 0 Å². The van der Waals surface area contributed by atoms with E-state index in [1.807, 2.05) is 41.3 Å². The molecule has 3 heterocycles. The zero-order chi connectivity index (χ0) is 18.8. The van der Waals surface area contributed by atoms with E-state index in [9.17, 15) is 4.79 Å². The van der Waals surface area contributed by atoms with Gasteiger partial charge in [0.2, 0.25) is 0 Å². The Kier molecular flexibility index (Phi) is 5.58. The fourth-order valence-corrected chi connectivity index (χ4v) is 4.56. The molecule has 1 amide bonds. The van der Waals surface area contributed by atoms with Gasteiger partial charge in [0.15, 0.2) is 6.61 Å². The zero-order valence-electron chi connectivity index (χ0n) is 15.0. The average molecular weight is 405 g/mol. The van der Waals surface area contributed by atoms with Crippen molar-refractivity contribution in [3.63, 3.8) is 0 Å². The van der Waals surface area contributed by atoms with Crippen LogP contribution >= 0.6 is 23.2 Å². The minimum atomic E-state index is -0.0956. The molecule has 0 saturated carbocycles. The van der Waals surface area contributed by atoms with E-state index in [0.717, 1.165) is 38.2 Å². The predicted molar refractivity (Wildman–Crippen MR) is 109 cm³/mol. The number of carbonyl (C=O) groups excluding carboxylic acids is 1. The van der Waals surface area contributed by atoms with E-state index < -0.39 is 0 Å². The predicted octanol–water partition coefficient (Wildman–Crippen LogP) is 4.50. The largest absolute Gasteiger partial charge is 0.482 e. The van der Waals surface area contributed by atoms with Crippen molar-refractivity contribution < 1.29 is 9.53 Å². The van der Waals surface area contributed by atoms with Crippen molar-refractivity contribution >= 4 is 34.8 Å². The average Bonchev–Trinajstić information content (AvgIpc) is 2.70. The fraction of sp³-hybridized carbons (Fsp3) is 0.381. The van der Waals surface area contributed by atoms with Crippen LogP contribution < -0.4 is 9.64 Å². The van der Waals surface area contributed by atoms with Crippen LogP contribution in [0.1, 0.15) is 12.8 Å². The summed E-state index contributed by atoms with van der Waals surface area (Å²) in [6.07, 6.45) is 2.23. The van der Waals surface area contributed by atoms with E-state index in [0.29, 0.717) is 21.7 Å². The van der Waals surface area contributed by atoms with Gasteiger partial charge in [-0.1, -0.05) is 47.5 Å². The van der Waals surface area contributed by atoms with E-state index in [1.54, 1.807) is 12.1 Å². The van der Waals surface area contributed by atoms with Gasteiger partial charge in [0.05, 0.1) is 21.8 Å². The van der Waals surface area contributed by atoms with Crippen LogP contribution in [0.2, 0.25) is 10.0 Å². The number of rotatable bonds is 5. The smallest absolute Gasteiger partial charge is 0.265 e. The Morgan fingerprint density at radius 1 is 1.04 bits per heavy atom. The lowest BCUT2D eigenvalue weighted by atomic mass is 9.83. The van der Waals surface area contributed by atoms with Crippen LogP contribution in [0.15, 0.2) is 48.5 Å². The molecule has 0 aromatic heterocycles. The quantitative estimate of drug-likeness (QED) is 0.735. The second-order valence-electron chi connectivity index (χ2n) is 7.14. The number of anilines is 1. The van der Waals surface area contributed by atoms with Gasteiger partial charge in [0, 0.05) is 6.54 Å². The Labute approximate surface area is 169 Å². The van der Waals surface area contributed by atoms with Crippen LogP contribution in [0.3, 0.4) is 0 Å². The number of hydrogen-bond acceptors (Lipinski definition) is 3. The van der Waals surface area contributed by atoms with E-state index in [4.69, 9.17) is 27.9 Å². The van der Waals surface area contributed by atoms with Crippen molar-refractivity contribution in [1.29, 1.82) is 0 Å². The highest BCUT2D eigenvalue weighted by Gasteiger charge is 2.40. The molecule has 2 bridgehead atoms. The number of para-hydroxylation sites is 2. The summed E-state index contributed by atoms with van der Waals surface area (Å²) in [6, 6.07) is 14.8. The summed E-state index contributed by atoms with van der Waals surface area (Å²) in [5, 5.41) is 1.08. The van der Waals surface area contributed by atoms with Gasteiger partial charge in [0.25, 0.3) is 5.91 Å². The third kappa shape index (κ3) is 3.93. The molecule has 2 aromatic carbocycles. The zero-order valence-corrected chi connectivity index (χ0v) is 16.5. The van der Waals surface area contributed by atoms with Crippen molar-refractivity contribution in [2.24, 2.45) is 5.92 Å². The minimum Gasteiger partial charge on any atom is -0.482 e. The lowest BCUT2D eigenvalue weighted by molar-refractivity contribution is -0.122. The Hall–Kier alpha value is -1.75. The Morgan fingerprint density at radius 3 is 2.33 bits per heavy atom. The van der Waals surface area contributed by atoms with Crippen LogP contribution in [-0.2, 0) is 4.79 Å². The second kappa shape index (κ2) is 8.09. The molecule has 0 aliphatic carbocycles. The van der Waals surface area contributed by atoms with Gasteiger partial charge in [-0.25, -0.2) is 0 Å². The highest BCUT2D eigenvalue weighted by Crippen LogP contribution is 2.36. The number of carbonyl (C=O) groups is 1. The summed E-state index contributed by atoms with van der Waals surface area (Å²) in [5.41, 5.74) is 0.755. The van der Waals surface area contributed by atoms with E-state index in [1.165, 1.54) is 0 Å². The number of fused-ring (bicyclic) bond motifs is 3. The molecule has 3 saturated heterocycles. The van der Waals surface area contributed by atoms with Crippen LogP contribution in [0, 0.1) is 5.92 Å². The Balaban J connectivity index is 1.59. The normalized spacial score (nSPS) is 23.9. The molecular weight excluding hydrogens is 383 g/mol. The lowest BCUT2D eigenvalue weighted by Gasteiger charge is -2.49. The van der Waals surface area contributed by atoms with Crippen molar-refractivity contribution in [3.05, 3.63) is 58.6 Å². The third-order valence-electron chi connectivity index (χ3n) is 5.52. The maximum Gasteiger partial charge on any atom is 0.265 e. The van der Waals surface area contributed by atoms with E-state index >= 15 is 0 Å². The highest BCUT2D eigenvalue weighted by molar-refractivity contribution is 6.34. The van der Waals surface area contributed by atoms with Crippen molar-refractivity contribution in [2.75, 3.05) is 31.1 Å². The molecule has 6 heteroatoms. The minimum absolute atomic E-state index is 0.0713. The monoisotopic (exact) mass is 404 g/mol. The van der Waals surface area contributed by atoms with Crippen LogP contribution in [-0.4, -0.2) is 43.1 Å². The molecule has 1 atom stereocenters. The van der Waals surface area contributed by atoms with Gasteiger partial charge < -0.3 is 14.5 Å². The summed E-state index contributed by atoms with van der Waals surface area (Å²) >= 11 is 12.6. The molecule has 0 spiro atoms. The Bertz CT molecular complexity index is 821. The van der Waals surface area contributed by atoms with Crippen molar-refractivity contribution in [2.45, 2.75) is 18.9 Å². The number of piperidine rings is 3. The van der Waals surface area contributed by atoms with Gasteiger partial charge in [-0.2, -0.15) is 0 Å². The maximum atomic E-state index is 13.2. The molecule has 0 radical (unpaired) electrons. The number of halogens is 2. The third-order valence-corrected chi connectivity index (χ3v) is 6.15. The number of amides is 1. The summed E-state index contributed by atoms with van der Waals surface area (Å²) in [7, 11) is 0. The molecule has 27 heavy (non-hydrogen) atoms. The molecule has 3 fully saturated rings. The summed E-state index contributed by atoms with van der Waals surface area (Å²) in [6.45, 7) is 3.04. The molecule has 142 valence electrons. The molecule has 2 aromatic rings. The maximum absolute atomic E-state index is 13.2. The molecule has 0 N–H and O–H groups in total. The lowest BCUT2D eigenvalue weighted by Crippen LogP contribution is -2.59. The first kappa shape index (κ1) is 18.6. The van der Waals surface area contributed by atoms with Gasteiger partial charge in [-0.3, -0.25) is 4.79 Å². The van der Waals surface area contributed by atoms with Gasteiger partial charge >= 0.3 is 0 Å². The van der Waals surface area contributed by atoms with E-state index in [-0.39, 0.29) is 18.6 Å². The standard InChI is InChI=1S/C21H22Cl2N2O2/c22-16-5-1-3-7-18(16)25(19-13-24-11-9-15(19)10-12-24)21(26)14-27-20-8-4-2-6-17(20)23/h1-8,15,19H,9-14H2/t19-/m1/s1. The Morgan fingerprint density at radius 2 is 1.70 bits per heavy atom. The van der Waals surface area contributed by atoms with Crippen LogP contribution in [0.25, 0.3) is 0 Å². The summed E-state index contributed by atoms with van der Waals surface area (Å²) in [4.78, 5) is 17.5.